The van der Waals surface area contributed by atoms with E-state index in [-0.39, 0.29) is 5.91 Å². The van der Waals surface area contributed by atoms with Gasteiger partial charge in [0.05, 0.1) is 42.7 Å². The van der Waals surface area contributed by atoms with E-state index in [2.05, 4.69) is 10.3 Å². The highest BCUT2D eigenvalue weighted by Crippen LogP contribution is 2.38. The second-order valence-corrected chi connectivity index (χ2v) is 7.39. The molecular formula is C23H21Cl2N3O4. The van der Waals surface area contributed by atoms with Crippen LogP contribution in [0.5, 0.6) is 17.2 Å². The van der Waals surface area contributed by atoms with Crippen molar-refractivity contribution in [2.75, 3.05) is 32.4 Å². The summed E-state index contributed by atoms with van der Waals surface area (Å²) < 4.78 is 15.9. The molecule has 0 aromatic heterocycles. The molecule has 0 spiro atoms. The Morgan fingerprint density at radius 1 is 0.938 bits per heavy atom. The van der Waals surface area contributed by atoms with E-state index in [1.165, 1.54) is 21.3 Å². The minimum atomic E-state index is -0.322. The molecule has 0 atom stereocenters. The van der Waals surface area contributed by atoms with E-state index in [0.717, 1.165) is 5.56 Å². The first kappa shape index (κ1) is 23.2. The topological polar surface area (TPSA) is 95.2 Å². The zero-order chi connectivity index (χ0) is 23.3. The Morgan fingerprint density at radius 3 is 2.00 bits per heavy atom. The Kier molecular flexibility index (Phi) is 7.45. The van der Waals surface area contributed by atoms with Crippen LogP contribution in [0.3, 0.4) is 0 Å². The number of hydrogen-bond acceptors (Lipinski definition) is 6. The number of anilines is 2. The molecule has 3 aromatic rings. The number of halogens is 2. The van der Waals surface area contributed by atoms with Crippen molar-refractivity contribution in [2.45, 2.75) is 0 Å². The number of hydrogen-bond donors (Lipinski definition) is 2. The normalized spacial score (nSPS) is 10.8. The van der Waals surface area contributed by atoms with E-state index in [1.54, 1.807) is 42.6 Å². The van der Waals surface area contributed by atoms with Gasteiger partial charge in [-0.2, -0.15) is 0 Å². The van der Waals surface area contributed by atoms with Crippen LogP contribution in [0.15, 0.2) is 53.5 Å². The van der Waals surface area contributed by atoms with E-state index < -0.39 is 0 Å². The number of nitrogen functional groups attached to an aromatic ring is 1. The second-order valence-electron chi connectivity index (χ2n) is 6.57. The van der Waals surface area contributed by atoms with Crippen molar-refractivity contribution in [1.29, 1.82) is 0 Å². The lowest BCUT2D eigenvalue weighted by molar-refractivity contribution is 0.102. The van der Waals surface area contributed by atoms with Gasteiger partial charge in [0.2, 0.25) is 5.75 Å². The van der Waals surface area contributed by atoms with Gasteiger partial charge in [-0.1, -0.05) is 35.3 Å². The number of benzene rings is 3. The quantitative estimate of drug-likeness (QED) is 0.343. The highest BCUT2D eigenvalue weighted by atomic mass is 35.5. The van der Waals surface area contributed by atoms with Crippen molar-refractivity contribution in [2.24, 2.45) is 4.99 Å². The molecule has 0 radical (unpaired) electrons. The summed E-state index contributed by atoms with van der Waals surface area (Å²) in [6.07, 6.45) is 1.66. The number of nitrogens with one attached hydrogen (secondary N) is 1. The van der Waals surface area contributed by atoms with Gasteiger partial charge in [0.25, 0.3) is 5.91 Å². The minimum absolute atomic E-state index is 0.319. The summed E-state index contributed by atoms with van der Waals surface area (Å²) in [6, 6.07) is 13.6. The van der Waals surface area contributed by atoms with Gasteiger partial charge in [0.15, 0.2) is 11.5 Å². The zero-order valence-electron chi connectivity index (χ0n) is 17.6. The molecule has 0 heterocycles. The van der Waals surface area contributed by atoms with Crippen molar-refractivity contribution in [3.63, 3.8) is 0 Å². The van der Waals surface area contributed by atoms with E-state index in [1.807, 2.05) is 12.1 Å². The minimum Gasteiger partial charge on any atom is -0.493 e. The lowest BCUT2D eigenvalue weighted by atomic mass is 10.1. The van der Waals surface area contributed by atoms with Gasteiger partial charge < -0.3 is 25.3 Å². The molecule has 9 heteroatoms. The molecule has 0 unspecified atom stereocenters. The van der Waals surface area contributed by atoms with Gasteiger partial charge in [-0.15, -0.1) is 0 Å². The van der Waals surface area contributed by atoms with Crippen LogP contribution in [0.2, 0.25) is 10.0 Å². The first-order chi connectivity index (χ1) is 15.4. The van der Waals surface area contributed by atoms with Crippen LogP contribution in [0.25, 0.3) is 0 Å². The van der Waals surface area contributed by atoms with Crippen LogP contribution in [0.1, 0.15) is 15.9 Å². The Morgan fingerprint density at radius 2 is 1.50 bits per heavy atom. The number of methoxy groups -OCH3 is 3. The molecule has 3 aromatic carbocycles. The van der Waals surface area contributed by atoms with Crippen molar-refractivity contribution >= 4 is 52.4 Å². The lowest BCUT2D eigenvalue weighted by Crippen LogP contribution is -2.12. The van der Waals surface area contributed by atoms with Gasteiger partial charge in [-0.05, 0) is 42.0 Å². The van der Waals surface area contributed by atoms with Crippen molar-refractivity contribution < 1.29 is 19.0 Å². The lowest BCUT2D eigenvalue weighted by Gasteiger charge is -2.14. The molecule has 1 amide bonds. The van der Waals surface area contributed by atoms with E-state index >= 15 is 0 Å². The summed E-state index contributed by atoms with van der Waals surface area (Å²) in [5.74, 6) is 0.883. The molecule has 0 saturated heterocycles. The average molecular weight is 474 g/mol. The number of amides is 1. The molecule has 0 fully saturated rings. The number of carbonyl (C=O) groups is 1. The molecule has 7 nitrogen and oxygen atoms in total. The van der Waals surface area contributed by atoms with Gasteiger partial charge >= 0.3 is 0 Å². The highest BCUT2D eigenvalue weighted by Gasteiger charge is 2.17. The van der Waals surface area contributed by atoms with Gasteiger partial charge in [0, 0.05) is 17.5 Å². The number of rotatable bonds is 7. The van der Waals surface area contributed by atoms with Crippen molar-refractivity contribution in [3.05, 3.63) is 69.7 Å². The fraction of sp³-hybridized carbons (Fsp3) is 0.130. The number of nitrogens with zero attached hydrogens (tertiary/aromatic N) is 1. The molecule has 0 aliphatic rings. The Balaban J connectivity index is 1.74. The van der Waals surface area contributed by atoms with Gasteiger partial charge in [-0.3, -0.25) is 9.79 Å². The summed E-state index contributed by atoms with van der Waals surface area (Å²) >= 11 is 12.1. The largest absolute Gasteiger partial charge is 0.493 e. The molecular weight excluding hydrogens is 453 g/mol. The van der Waals surface area contributed by atoms with E-state index in [0.29, 0.717) is 49.9 Å². The second kappa shape index (κ2) is 10.3. The summed E-state index contributed by atoms with van der Waals surface area (Å²) in [5, 5.41) is 3.52. The molecule has 32 heavy (non-hydrogen) atoms. The predicted octanol–water partition coefficient (Wildman–Crippen LogP) is 5.60. The van der Waals surface area contributed by atoms with Crippen LogP contribution in [0.4, 0.5) is 17.1 Å². The number of nitrogens with two attached hydrogens (primary N) is 1. The SMILES string of the molecule is COc1cc(C(=O)Nc2ccc(/C=N/c3cc(Cl)c(N)c(Cl)c3)cc2)cc(OC)c1OC. The predicted molar refractivity (Wildman–Crippen MR) is 129 cm³/mol. The molecule has 3 rings (SSSR count). The van der Waals surface area contributed by atoms with Gasteiger partial charge in [0.1, 0.15) is 0 Å². The Bertz CT molecular complexity index is 1120. The molecule has 0 bridgehead atoms. The molecule has 0 aliphatic heterocycles. The first-order valence-corrected chi connectivity index (χ1v) is 10.1. The van der Waals surface area contributed by atoms with Crippen molar-refractivity contribution in [3.8, 4) is 17.2 Å². The zero-order valence-corrected chi connectivity index (χ0v) is 19.1. The number of carbonyl (C=O) groups excluding carboxylic acids is 1. The van der Waals surface area contributed by atoms with Crippen LogP contribution in [-0.2, 0) is 0 Å². The monoisotopic (exact) mass is 473 g/mol. The Hall–Kier alpha value is -3.42. The van der Waals surface area contributed by atoms with Crippen LogP contribution >= 0.6 is 23.2 Å². The third kappa shape index (κ3) is 5.25. The van der Waals surface area contributed by atoms with Crippen LogP contribution < -0.4 is 25.3 Å². The third-order valence-electron chi connectivity index (χ3n) is 4.52. The average Bonchev–Trinajstić information content (AvgIpc) is 2.80. The standard InChI is InChI=1S/C23H21Cl2N3O4/c1-30-19-8-14(9-20(31-2)22(19)32-3)23(29)28-15-6-4-13(5-7-15)12-27-16-10-17(24)21(26)18(25)11-16/h4-12H,26H2,1-3H3,(H,28,29)/b27-12+. The first-order valence-electron chi connectivity index (χ1n) is 9.36. The maximum atomic E-state index is 12.7. The smallest absolute Gasteiger partial charge is 0.255 e. The number of aliphatic imine (C=N–C) groups is 1. The number of ether oxygens (including phenoxy) is 3. The van der Waals surface area contributed by atoms with Crippen LogP contribution in [-0.4, -0.2) is 33.5 Å². The maximum absolute atomic E-state index is 12.7. The van der Waals surface area contributed by atoms with Crippen molar-refractivity contribution in [1.82, 2.24) is 0 Å². The molecule has 0 aliphatic carbocycles. The highest BCUT2D eigenvalue weighted by molar-refractivity contribution is 6.39. The fourth-order valence-electron chi connectivity index (χ4n) is 2.86. The third-order valence-corrected chi connectivity index (χ3v) is 5.15. The van der Waals surface area contributed by atoms with Crippen LogP contribution in [0, 0.1) is 0 Å². The summed E-state index contributed by atoms with van der Waals surface area (Å²) in [6.45, 7) is 0. The van der Waals surface area contributed by atoms with E-state index in [4.69, 9.17) is 43.1 Å². The summed E-state index contributed by atoms with van der Waals surface area (Å²) in [4.78, 5) is 17.1. The molecule has 0 saturated carbocycles. The van der Waals surface area contributed by atoms with Gasteiger partial charge in [-0.25, -0.2) is 0 Å². The maximum Gasteiger partial charge on any atom is 0.255 e. The fourth-order valence-corrected chi connectivity index (χ4v) is 3.34. The molecule has 166 valence electrons. The van der Waals surface area contributed by atoms with E-state index in [9.17, 15) is 4.79 Å². The summed E-state index contributed by atoms with van der Waals surface area (Å²) in [7, 11) is 4.48. The molecule has 3 N–H and O–H groups in total. The summed E-state index contributed by atoms with van der Waals surface area (Å²) in [5.41, 5.74) is 8.42. The Labute approximate surface area is 195 Å².